The molecule has 0 aliphatic rings. The summed E-state index contributed by atoms with van der Waals surface area (Å²) >= 11 is 5.66. The first-order chi connectivity index (χ1) is 7.19. The van der Waals surface area contributed by atoms with Gasteiger partial charge in [-0.15, -0.1) is 6.42 Å². The van der Waals surface area contributed by atoms with Crippen molar-refractivity contribution >= 4 is 17.5 Å². The van der Waals surface area contributed by atoms with E-state index >= 15 is 0 Å². The van der Waals surface area contributed by atoms with Gasteiger partial charge in [-0.25, -0.2) is 0 Å². The summed E-state index contributed by atoms with van der Waals surface area (Å²) in [5.41, 5.74) is 0. The van der Waals surface area contributed by atoms with Crippen LogP contribution in [0.25, 0.3) is 0 Å². The Morgan fingerprint density at radius 1 is 1.53 bits per heavy atom. The van der Waals surface area contributed by atoms with Gasteiger partial charge in [-0.3, -0.25) is 0 Å². The average molecular weight is 227 g/mol. The first-order valence-electron chi connectivity index (χ1n) is 4.37. The molecule has 0 spiro atoms. The maximum Gasteiger partial charge on any atom is 0.322 e. The SMILES string of the molecule is C#CC(CC)Nc1nc(Cl)nc(OC)n1. The fraction of sp³-hybridized carbons (Fsp3) is 0.444. The Morgan fingerprint density at radius 3 is 2.80 bits per heavy atom. The van der Waals surface area contributed by atoms with Crippen LogP contribution in [0.2, 0.25) is 5.28 Å². The molecular weight excluding hydrogens is 216 g/mol. The maximum atomic E-state index is 5.66. The summed E-state index contributed by atoms with van der Waals surface area (Å²) in [7, 11) is 1.45. The van der Waals surface area contributed by atoms with Crippen LogP contribution in [-0.2, 0) is 0 Å². The number of nitrogens with zero attached hydrogens (tertiary/aromatic N) is 3. The Balaban J connectivity index is 2.85. The normalized spacial score (nSPS) is 11.6. The lowest BCUT2D eigenvalue weighted by atomic mass is 10.2. The molecule has 6 heteroatoms. The smallest absolute Gasteiger partial charge is 0.322 e. The zero-order valence-corrected chi connectivity index (χ0v) is 9.25. The third kappa shape index (κ3) is 3.26. The highest BCUT2D eigenvalue weighted by Crippen LogP contribution is 2.11. The van der Waals surface area contributed by atoms with Gasteiger partial charge >= 0.3 is 6.01 Å². The molecule has 0 fully saturated rings. The monoisotopic (exact) mass is 226 g/mol. The van der Waals surface area contributed by atoms with Crippen molar-refractivity contribution in [3.63, 3.8) is 0 Å². The lowest BCUT2D eigenvalue weighted by Crippen LogP contribution is -2.18. The zero-order chi connectivity index (χ0) is 11.3. The van der Waals surface area contributed by atoms with Gasteiger partial charge in [0.1, 0.15) is 0 Å². The van der Waals surface area contributed by atoms with Crippen molar-refractivity contribution < 1.29 is 4.74 Å². The molecule has 1 aromatic heterocycles. The highest BCUT2D eigenvalue weighted by atomic mass is 35.5. The first-order valence-corrected chi connectivity index (χ1v) is 4.75. The predicted octanol–water partition coefficient (Wildman–Crippen LogP) is 1.36. The molecule has 0 aliphatic carbocycles. The second kappa shape index (κ2) is 5.37. The fourth-order valence-electron chi connectivity index (χ4n) is 0.905. The Labute approximate surface area is 93.2 Å². The van der Waals surface area contributed by atoms with Crippen LogP contribution >= 0.6 is 11.6 Å². The molecule has 1 atom stereocenters. The van der Waals surface area contributed by atoms with E-state index in [1.54, 1.807) is 0 Å². The number of anilines is 1. The Morgan fingerprint density at radius 2 is 2.27 bits per heavy atom. The van der Waals surface area contributed by atoms with E-state index in [0.717, 1.165) is 6.42 Å². The van der Waals surface area contributed by atoms with Crippen LogP contribution in [0.1, 0.15) is 13.3 Å². The largest absolute Gasteiger partial charge is 0.467 e. The second-order valence-electron chi connectivity index (χ2n) is 2.69. The van der Waals surface area contributed by atoms with Crippen molar-refractivity contribution in [1.82, 2.24) is 15.0 Å². The van der Waals surface area contributed by atoms with E-state index in [4.69, 9.17) is 22.8 Å². The molecule has 0 radical (unpaired) electrons. The molecule has 1 rings (SSSR count). The lowest BCUT2D eigenvalue weighted by Gasteiger charge is -2.10. The average Bonchev–Trinajstić information content (AvgIpc) is 2.25. The number of terminal acetylenes is 1. The molecule has 0 bridgehead atoms. The summed E-state index contributed by atoms with van der Waals surface area (Å²) in [6, 6.07) is 0.0255. The highest BCUT2D eigenvalue weighted by Gasteiger charge is 2.08. The minimum atomic E-state index is -0.131. The van der Waals surface area contributed by atoms with E-state index in [1.165, 1.54) is 7.11 Å². The summed E-state index contributed by atoms with van der Waals surface area (Å²) in [5.74, 6) is 2.88. The minimum absolute atomic E-state index is 0.0659. The highest BCUT2D eigenvalue weighted by molar-refractivity contribution is 6.28. The Bertz CT molecular complexity index is 377. The summed E-state index contributed by atoms with van der Waals surface area (Å²) < 4.78 is 4.85. The number of methoxy groups -OCH3 is 1. The Hall–Kier alpha value is -1.54. The molecule has 0 saturated carbocycles. The molecule has 1 heterocycles. The van der Waals surface area contributed by atoms with E-state index in [-0.39, 0.29) is 17.3 Å². The van der Waals surface area contributed by atoms with Crippen molar-refractivity contribution in [2.24, 2.45) is 0 Å². The van der Waals surface area contributed by atoms with E-state index in [9.17, 15) is 0 Å². The van der Waals surface area contributed by atoms with Gasteiger partial charge in [0, 0.05) is 0 Å². The predicted molar refractivity (Wildman–Crippen MR) is 57.9 cm³/mol. The van der Waals surface area contributed by atoms with Gasteiger partial charge in [0.05, 0.1) is 13.2 Å². The van der Waals surface area contributed by atoms with Crippen molar-refractivity contribution in [2.75, 3.05) is 12.4 Å². The fourth-order valence-corrected chi connectivity index (χ4v) is 1.06. The lowest BCUT2D eigenvalue weighted by molar-refractivity contribution is 0.378. The zero-order valence-electron chi connectivity index (χ0n) is 8.49. The van der Waals surface area contributed by atoms with Crippen LogP contribution in [0.3, 0.4) is 0 Å². The van der Waals surface area contributed by atoms with Crippen molar-refractivity contribution in [3.05, 3.63) is 5.28 Å². The quantitative estimate of drug-likeness (QED) is 0.786. The van der Waals surface area contributed by atoms with Crippen LogP contribution in [-0.4, -0.2) is 28.1 Å². The third-order valence-electron chi connectivity index (χ3n) is 1.68. The minimum Gasteiger partial charge on any atom is -0.467 e. The molecule has 0 aromatic carbocycles. The number of aromatic nitrogens is 3. The molecule has 0 saturated heterocycles. The van der Waals surface area contributed by atoms with Gasteiger partial charge in [0.15, 0.2) is 0 Å². The standard InChI is InChI=1S/C9H11ClN4O/c1-4-6(5-2)11-8-12-7(10)13-9(14-8)15-3/h1,6H,5H2,2-3H3,(H,11,12,13,14). The number of ether oxygens (including phenoxy) is 1. The summed E-state index contributed by atoms with van der Waals surface area (Å²) in [6.45, 7) is 1.96. The van der Waals surface area contributed by atoms with Gasteiger partial charge in [-0.2, -0.15) is 15.0 Å². The molecule has 15 heavy (non-hydrogen) atoms. The van der Waals surface area contributed by atoms with Gasteiger partial charge in [-0.05, 0) is 18.0 Å². The number of nitrogens with one attached hydrogen (secondary N) is 1. The first kappa shape index (κ1) is 11.5. The molecule has 0 amide bonds. The van der Waals surface area contributed by atoms with Crippen LogP contribution in [0.5, 0.6) is 6.01 Å². The van der Waals surface area contributed by atoms with Crippen LogP contribution in [0, 0.1) is 12.3 Å². The number of rotatable bonds is 4. The van der Waals surface area contributed by atoms with E-state index < -0.39 is 0 Å². The molecule has 1 aromatic rings. The van der Waals surface area contributed by atoms with E-state index in [0.29, 0.717) is 5.95 Å². The summed E-state index contributed by atoms with van der Waals surface area (Å²) in [4.78, 5) is 11.6. The molecule has 5 nitrogen and oxygen atoms in total. The van der Waals surface area contributed by atoms with Gasteiger partial charge < -0.3 is 10.1 Å². The number of hydrogen-bond acceptors (Lipinski definition) is 5. The van der Waals surface area contributed by atoms with E-state index in [1.807, 2.05) is 6.92 Å². The topological polar surface area (TPSA) is 59.9 Å². The maximum absolute atomic E-state index is 5.66. The van der Waals surface area contributed by atoms with Crippen molar-refractivity contribution in [2.45, 2.75) is 19.4 Å². The molecular formula is C9H11ClN4O. The molecule has 80 valence electrons. The molecule has 0 aliphatic heterocycles. The van der Waals surface area contributed by atoms with Crippen LogP contribution in [0.15, 0.2) is 0 Å². The van der Waals surface area contributed by atoms with Crippen molar-refractivity contribution in [1.29, 1.82) is 0 Å². The number of halogens is 1. The molecule has 1 unspecified atom stereocenters. The van der Waals surface area contributed by atoms with Crippen LogP contribution < -0.4 is 10.1 Å². The molecule has 1 N–H and O–H groups in total. The Kier molecular flexibility index (Phi) is 4.13. The third-order valence-corrected chi connectivity index (χ3v) is 1.85. The summed E-state index contributed by atoms with van der Waals surface area (Å²) in [6.07, 6.45) is 6.06. The van der Waals surface area contributed by atoms with Gasteiger partial charge in [0.2, 0.25) is 11.2 Å². The van der Waals surface area contributed by atoms with Crippen LogP contribution in [0.4, 0.5) is 5.95 Å². The second-order valence-corrected chi connectivity index (χ2v) is 3.02. The number of hydrogen-bond donors (Lipinski definition) is 1. The van der Waals surface area contributed by atoms with Gasteiger partial charge in [-0.1, -0.05) is 12.8 Å². The van der Waals surface area contributed by atoms with Crippen molar-refractivity contribution in [3.8, 4) is 18.4 Å². The van der Waals surface area contributed by atoms with Gasteiger partial charge in [0.25, 0.3) is 0 Å². The summed E-state index contributed by atoms with van der Waals surface area (Å²) in [5, 5.41) is 3.00. The van der Waals surface area contributed by atoms with E-state index in [2.05, 4.69) is 26.2 Å².